The number of nitrogens with one attached hydrogen (secondary N) is 1. The summed E-state index contributed by atoms with van der Waals surface area (Å²) in [7, 11) is 2.20. The fraction of sp³-hybridized carbons (Fsp3) is 0.550. The molecule has 1 atom stereocenters. The molecule has 1 spiro atoms. The molecule has 0 unspecified atom stereocenters. The molecule has 2 saturated heterocycles. The maximum atomic E-state index is 6.36. The van der Waals surface area contributed by atoms with Crippen molar-refractivity contribution < 1.29 is 4.74 Å². The normalized spacial score (nSPS) is 23.2. The number of ether oxygens (including phenoxy) is 1. The van der Waals surface area contributed by atoms with Crippen LogP contribution in [-0.4, -0.2) is 53.3 Å². The van der Waals surface area contributed by atoms with Gasteiger partial charge in [-0.25, -0.2) is 4.98 Å². The number of imidazole rings is 1. The molecule has 0 amide bonds. The number of likely N-dealkylation sites (N-methyl/N-ethyl adjacent to an activating group) is 1. The second-order valence-electron chi connectivity index (χ2n) is 7.65. The Morgan fingerprint density at radius 2 is 2.04 bits per heavy atom. The number of rotatable bonds is 4. The van der Waals surface area contributed by atoms with E-state index in [9.17, 15) is 0 Å². The maximum absolute atomic E-state index is 6.36. The zero-order chi connectivity index (χ0) is 17.3. The number of aromatic nitrogens is 2. The standard InChI is InChI=1S/C20H28N4O/c1-16-3-5-18(6-4-16)23(2)19-11-20(25-14-19)7-9-24(10-8-20)13-17-12-21-15-22-17/h3-6,12,15,19H,7-11,13-14H2,1-2H3,(H,21,22)/t19-/m0/s1. The van der Waals surface area contributed by atoms with Gasteiger partial charge in [-0.15, -0.1) is 0 Å². The highest BCUT2D eigenvalue weighted by Crippen LogP contribution is 2.38. The van der Waals surface area contributed by atoms with Gasteiger partial charge in [0.1, 0.15) is 0 Å². The average Bonchev–Trinajstić information content (AvgIpc) is 3.28. The Morgan fingerprint density at radius 3 is 2.72 bits per heavy atom. The third-order valence-electron chi connectivity index (χ3n) is 5.89. The summed E-state index contributed by atoms with van der Waals surface area (Å²) in [6.07, 6.45) is 7.06. The summed E-state index contributed by atoms with van der Waals surface area (Å²) in [6, 6.07) is 9.28. The Labute approximate surface area is 150 Å². The molecular formula is C20H28N4O. The summed E-state index contributed by atoms with van der Waals surface area (Å²) in [5.74, 6) is 0. The van der Waals surface area contributed by atoms with Crippen molar-refractivity contribution in [1.82, 2.24) is 14.9 Å². The quantitative estimate of drug-likeness (QED) is 0.929. The SMILES string of the molecule is Cc1ccc(N(C)[C@@H]2COC3(CCN(Cc4cnc[nH]4)CC3)C2)cc1. The van der Waals surface area contributed by atoms with Crippen LogP contribution in [0.1, 0.15) is 30.5 Å². The first-order valence-electron chi connectivity index (χ1n) is 9.27. The molecule has 1 N–H and O–H groups in total. The molecule has 2 aromatic rings. The molecule has 5 heteroatoms. The van der Waals surface area contributed by atoms with Crippen molar-refractivity contribution in [3.8, 4) is 0 Å². The predicted molar refractivity (Wildman–Crippen MR) is 99.8 cm³/mol. The molecule has 1 aromatic carbocycles. The predicted octanol–water partition coefficient (Wildman–Crippen LogP) is 2.98. The number of nitrogens with zero attached hydrogens (tertiary/aromatic N) is 3. The molecule has 0 radical (unpaired) electrons. The Morgan fingerprint density at radius 1 is 1.28 bits per heavy atom. The summed E-state index contributed by atoms with van der Waals surface area (Å²) in [6.45, 7) is 6.13. The van der Waals surface area contributed by atoms with Gasteiger partial charge in [-0.2, -0.15) is 0 Å². The lowest BCUT2D eigenvalue weighted by atomic mass is 9.87. The number of piperidine rings is 1. The van der Waals surface area contributed by atoms with E-state index < -0.39 is 0 Å². The second-order valence-corrected chi connectivity index (χ2v) is 7.65. The van der Waals surface area contributed by atoms with Gasteiger partial charge >= 0.3 is 0 Å². The van der Waals surface area contributed by atoms with Crippen molar-refractivity contribution in [3.05, 3.63) is 48.0 Å². The number of anilines is 1. The molecule has 1 aromatic heterocycles. The summed E-state index contributed by atoms with van der Waals surface area (Å²) < 4.78 is 6.36. The van der Waals surface area contributed by atoms with Gasteiger partial charge in [0.05, 0.1) is 24.6 Å². The number of benzene rings is 1. The fourth-order valence-corrected chi connectivity index (χ4v) is 4.14. The van der Waals surface area contributed by atoms with E-state index in [0.29, 0.717) is 6.04 Å². The van der Waals surface area contributed by atoms with E-state index >= 15 is 0 Å². The minimum atomic E-state index is 0.0775. The third-order valence-corrected chi connectivity index (χ3v) is 5.89. The smallest absolute Gasteiger partial charge is 0.0922 e. The van der Waals surface area contributed by atoms with Crippen LogP contribution in [0.5, 0.6) is 0 Å². The van der Waals surface area contributed by atoms with Crippen molar-refractivity contribution in [1.29, 1.82) is 0 Å². The van der Waals surface area contributed by atoms with Crippen molar-refractivity contribution in [2.45, 2.75) is 44.4 Å². The first-order chi connectivity index (χ1) is 12.1. The van der Waals surface area contributed by atoms with Gasteiger partial charge in [0.2, 0.25) is 0 Å². The molecule has 2 aliphatic rings. The molecule has 2 aliphatic heterocycles. The molecule has 5 nitrogen and oxygen atoms in total. The van der Waals surface area contributed by atoms with Gasteiger partial charge < -0.3 is 14.6 Å². The number of likely N-dealkylation sites (tertiary alicyclic amines) is 1. The molecule has 0 aliphatic carbocycles. The molecule has 4 rings (SSSR count). The summed E-state index contributed by atoms with van der Waals surface area (Å²) in [5.41, 5.74) is 3.86. The van der Waals surface area contributed by atoms with Crippen LogP contribution in [0.2, 0.25) is 0 Å². The Bertz CT molecular complexity index is 674. The minimum Gasteiger partial charge on any atom is -0.373 e. The van der Waals surface area contributed by atoms with Gasteiger partial charge in [-0.1, -0.05) is 17.7 Å². The molecule has 3 heterocycles. The molecular weight excluding hydrogens is 312 g/mol. The van der Waals surface area contributed by atoms with Crippen LogP contribution in [-0.2, 0) is 11.3 Å². The lowest BCUT2D eigenvalue weighted by molar-refractivity contribution is -0.0450. The first-order valence-corrected chi connectivity index (χ1v) is 9.27. The molecule has 0 saturated carbocycles. The van der Waals surface area contributed by atoms with Crippen LogP contribution >= 0.6 is 0 Å². The van der Waals surface area contributed by atoms with Crippen molar-refractivity contribution >= 4 is 5.69 Å². The lowest BCUT2D eigenvalue weighted by Gasteiger charge is -2.38. The monoisotopic (exact) mass is 340 g/mol. The van der Waals surface area contributed by atoms with Crippen LogP contribution in [0.3, 0.4) is 0 Å². The van der Waals surface area contributed by atoms with E-state index in [0.717, 1.165) is 45.5 Å². The van der Waals surface area contributed by atoms with E-state index in [4.69, 9.17) is 4.74 Å². The fourth-order valence-electron chi connectivity index (χ4n) is 4.14. The number of aromatic amines is 1. The van der Waals surface area contributed by atoms with E-state index in [1.807, 2.05) is 6.20 Å². The zero-order valence-electron chi connectivity index (χ0n) is 15.2. The minimum absolute atomic E-state index is 0.0775. The van der Waals surface area contributed by atoms with Gasteiger partial charge in [-0.3, -0.25) is 4.90 Å². The molecule has 2 fully saturated rings. The second kappa shape index (κ2) is 6.81. The summed E-state index contributed by atoms with van der Waals surface area (Å²) in [4.78, 5) is 12.2. The van der Waals surface area contributed by atoms with E-state index in [1.165, 1.54) is 16.9 Å². The Balaban J connectivity index is 1.33. The van der Waals surface area contributed by atoms with Crippen molar-refractivity contribution in [2.75, 3.05) is 31.6 Å². The topological polar surface area (TPSA) is 44.4 Å². The van der Waals surface area contributed by atoms with Gasteiger partial charge in [0.25, 0.3) is 0 Å². The van der Waals surface area contributed by atoms with Crippen LogP contribution in [0.4, 0.5) is 5.69 Å². The maximum Gasteiger partial charge on any atom is 0.0922 e. The van der Waals surface area contributed by atoms with Crippen LogP contribution in [0.25, 0.3) is 0 Å². The average molecular weight is 340 g/mol. The highest BCUT2D eigenvalue weighted by atomic mass is 16.5. The largest absolute Gasteiger partial charge is 0.373 e. The molecule has 25 heavy (non-hydrogen) atoms. The summed E-state index contributed by atoms with van der Waals surface area (Å²) >= 11 is 0. The van der Waals surface area contributed by atoms with Gasteiger partial charge in [0, 0.05) is 44.3 Å². The van der Waals surface area contributed by atoms with Crippen LogP contribution in [0, 0.1) is 6.92 Å². The van der Waals surface area contributed by atoms with E-state index in [-0.39, 0.29) is 5.60 Å². The third kappa shape index (κ3) is 3.58. The Kier molecular flexibility index (Phi) is 4.52. The molecule has 134 valence electrons. The summed E-state index contributed by atoms with van der Waals surface area (Å²) in [5, 5.41) is 0. The van der Waals surface area contributed by atoms with Crippen LogP contribution in [0.15, 0.2) is 36.8 Å². The molecule has 0 bridgehead atoms. The zero-order valence-corrected chi connectivity index (χ0v) is 15.2. The highest BCUT2D eigenvalue weighted by molar-refractivity contribution is 5.48. The van der Waals surface area contributed by atoms with Gasteiger partial charge in [0.15, 0.2) is 0 Å². The van der Waals surface area contributed by atoms with Crippen molar-refractivity contribution in [3.63, 3.8) is 0 Å². The van der Waals surface area contributed by atoms with E-state index in [2.05, 4.69) is 58.0 Å². The van der Waals surface area contributed by atoms with Crippen LogP contribution < -0.4 is 4.90 Å². The number of hydrogen-bond donors (Lipinski definition) is 1. The number of hydrogen-bond acceptors (Lipinski definition) is 4. The Hall–Kier alpha value is -1.85. The van der Waals surface area contributed by atoms with Crippen molar-refractivity contribution in [2.24, 2.45) is 0 Å². The number of H-pyrrole nitrogens is 1. The lowest BCUT2D eigenvalue weighted by Crippen LogP contribution is -2.44. The highest BCUT2D eigenvalue weighted by Gasteiger charge is 2.43. The van der Waals surface area contributed by atoms with Gasteiger partial charge in [-0.05, 0) is 38.3 Å². The first kappa shape index (κ1) is 16.6. The number of aryl methyl sites for hydroxylation is 1. The van der Waals surface area contributed by atoms with E-state index in [1.54, 1.807) is 6.33 Å².